The van der Waals surface area contributed by atoms with Crippen LogP contribution < -0.4 is 31.6 Å². The van der Waals surface area contributed by atoms with E-state index in [9.17, 15) is 9.59 Å². The van der Waals surface area contributed by atoms with Gasteiger partial charge in [-0.1, -0.05) is 36.4 Å². The van der Waals surface area contributed by atoms with E-state index < -0.39 is 0 Å². The van der Waals surface area contributed by atoms with Crippen molar-refractivity contribution in [2.75, 3.05) is 31.0 Å². The minimum Gasteiger partial charge on any atom is -0.493 e. The average Bonchev–Trinajstić information content (AvgIpc) is 2.92. The molecule has 38 heavy (non-hydrogen) atoms. The molecule has 0 aliphatic carbocycles. The number of para-hydroxylation sites is 2. The normalized spacial score (nSPS) is 10.5. The van der Waals surface area contributed by atoms with Crippen molar-refractivity contribution < 1.29 is 19.1 Å². The van der Waals surface area contributed by atoms with E-state index in [0.29, 0.717) is 39.7 Å². The highest BCUT2D eigenvalue weighted by Crippen LogP contribution is 2.42. The molecule has 0 aromatic heterocycles. The van der Waals surface area contributed by atoms with Gasteiger partial charge in [0, 0.05) is 28.9 Å². The molecule has 0 bridgehead atoms. The van der Waals surface area contributed by atoms with Crippen LogP contribution >= 0.6 is 0 Å². The molecule has 6 N–H and O–H groups in total. The van der Waals surface area contributed by atoms with Crippen LogP contribution in [0, 0.1) is 6.92 Å². The number of anilines is 3. The van der Waals surface area contributed by atoms with Crippen molar-refractivity contribution in [3.8, 4) is 22.6 Å². The number of amides is 2. The van der Waals surface area contributed by atoms with Gasteiger partial charge in [-0.3, -0.25) is 9.59 Å². The van der Waals surface area contributed by atoms with E-state index >= 15 is 0 Å². The highest BCUT2D eigenvalue weighted by Gasteiger charge is 2.22. The summed E-state index contributed by atoms with van der Waals surface area (Å²) in [5.74, 6) is 0.428. The second-order valence-corrected chi connectivity index (χ2v) is 8.71. The van der Waals surface area contributed by atoms with Crippen molar-refractivity contribution in [1.82, 2.24) is 5.32 Å². The van der Waals surface area contributed by atoms with Crippen LogP contribution in [0.3, 0.4) is 0 Å². The predicted molar refractivity (Wildman–Crippen MR) is 151 cm³/mol. The van der Waals surface area contributed by atoms with Gasteiger partial charge in [-0.05, 0) is 66.1 Å². The zero-order valence-electron chi connectivity index (χ0n) is 21.5. The van der Waals surface area contributed by atoms with E-state index in [2.05, 4.69) is 10.6 Å². The molecule has 0 spiro atoms. The number of nitrogens with one attached hydrogen (secondary N) is 2. The van der Waals surface area contributed by atoms with E-state index in [1.165, 1.54) is 7.11 Å². The molecular formula is C30H30N4O4. The molecule has 0 saturated heterocycles. The van der Waals surface area contributed by atoms with Crippen molar-refractivity contribution in [2.24, 2.45) is 0 Å². The van der Waals surface area contributed by atoms with E-state index in [0.717, 1.165) is 22.3 Å². The van der Waals surface area contributed by atoms with E-state index in [1.807, 2.05) is 25.1 Å². The SMILES string of the molecule is COc1cc(C(=O)NCc2ccc(C(=O)Nc3ccccc3N)cc2)c(C)c(-c2cccc(N)c2)c1OC. The monoisotopic (exact) mass is 510 g/mol. The lowest BCUT2D eigenvalue weighted by Gasteiger charge is -2.19. The highest BCUT2D eigenvalue weighted by molar-refractivity contribution is 6.05. The van der Waals surface area contributed by atoms with Crippen LogP contribution in [0.1, 0.15) is 31.8 Å². The zero-order chi connectivity index (χ0) is 27.2. The van der Waals surface area contributed by atoms with Gasteiger partial charge in [0.15, 0.2) is 11.5 Å². The lowest BCUT2D eigenvalue weighted by molar-refractivity contribution is 0.0948. The minimum absolute atomic E-state index is 0.269. The van der Waals surface area contributed by atoms with Crippen molar-refractivity contribution in [3.05, 3.63) is 101 Å². The van der Waals surface area contributed by atoms with Crippen molar-refractivity contribution in [3.63, 3.8) is 0 Å². The number of benzene rings is 4. The molecule has 0 atom stereocenters. The molecule has 0 radical (unpaired) electrons. The Hall–Kier alpha value is -4.98. The zero-order valence-corrected chi connectivity index (χ0v) is 21.5. The molecule has 0 aliphatic heterocycles. The van der Waals surface area contributed by atoms with Gasteiger partial charge in [-0.2, -0.15) is 0 Å². The largest absolute Gasteiger partial charge is 0.493 e. The number of ether oxygens (including phenoxy) is 2. The second kappa shape index (κ2) is 11.4. The molecule has 194 valence electrons. The first-order valence-corrected chi connectivity index (χ1v) is 12.0. The van der Waals surface area contributed by atoms with Crippen LogP contribution in [0.15, 0.2) is 78.9 Å². The molecule has 0 heterocycles. The fraction of sp³-hybridized carbons (Fsp3) is 0.133. The lowest BCUT2D eigenvalue weighted by atomic mass is 9.94. The van der Waals surface area contributed by atoms with Crippen LogP contribution in [0.4, 0.5) is 17.1 Å². The summed E-state index contributed by atoms with van der Waals surface area (Å²) in [5, 5.41) is 5.76. The maximum Gasteiger partial charge on any atom is 0.255 e. The fourth-order valence-corrected chi connectivity index (χ4v) is 4.22. The third kappa shape index (κ3) is 5.54. The van der Waals surface area contributed by atoms with Crippen molar-refractivity contribution in [1.29, 1.82) is 0 Å². The third-order valence-corrected chi connectivity index (χ3v) is 6.23. The molecule has 4 aromatic carbocycles. The number of nitrogens with two attached hydrogens (primary N) is 2. The molecule has 0 unspecified atom stereocenters. The molecule has 0 aliphatic rings. The molecule has 0 fully saturated rings. The van der Waals surface area contributed by atoms with Gasteiger partial charge in [0.2, 0.25) is 0 Å². The summed E-state index contributed by atoms with van der Waals surface area (Å²) in [6, 6.07) is 23.1. The summed E-state index contributed by atoms with van der Waals surface area (Å²) in [7, 11) is 3.09. The summed E-state index contributed by atoms with van der Waals surface area (Å²) in [4.78, 5) is 25.8. The molecule has 2 amide bonds. The topological polar surface area (TPSA) is 129 Å². The quantitative estimate of drug-likeness (QED) is 0.246. The number of carbonyl (C=O) groups excluding carboxylic acids is 2. The molecule has 0 saturated carbocycles. The van der Waals surface area contributed by atoms with Crippen LogP contribution in [-0.4, -0.2) is 26.0 Å². The van der Waals surface area contributed by atoms with Gasteiger partial charge in [0.25, 0.3) is 11.8 Å². The first-order chi connectivity index (χ1) is 18.3. The molecule has 4 rings (SSSR count). The van der Waals surface area contributed by atoms with Crippen molar-refractivity contribution >= 4 is 28.9 Å². The summed E-state index contributed by atoms with van der Waals surface area (Å²) >= 11 is 0. The second-order valence-electron chi connectivity index (χ2n) is 8.71. The van der Waals surface area contributed by atoms with Crippen LogP contribution in [0.25, 0.3) is 11.1 Å². The molecule has 8 nitrogen and oxygen atoms in total. The summed E-state index contributed by atoms with van der Waals surface area (Å²) in [6.07, 6.45) is 0. The smallest absolute Gasteiger partial charge is 0.255 e. The predicted octanol–water partition coefficient (Wildman–Crippen LogP) is 5.03. The molecule has 4 aromatic rings. The van der Waals surface area contributed by atoms with Gasteiger partial charge in [0.05, 0.1) is 25.6 Å². The number of carbonyl (C=O) groups is 2. The Labute approximate surface area is 221 Å². The fourth-order valence-electron chi connectivity index (χ4n) is 4.22. The first kappa shape index (κ1) is 26.1. The Kier molecular flexibility index (Phi) is 7.82. The first-order valence-electron chi connectivity index (χ1n) is 12.0. The van der Waals surface area contributed by atoms with E-state index in [-0.39, 0.29) is 18.4 Å². The van der Waals surface area contributed by atoms with E-state index in [4.69, 9.17) is 20.9 Å². The Morgan fingerprint density at radius 1 is 0.842 bits per heavy atom. The number of hydrogen-bond donors (Lipinski definition) is 4. The minimum atomic E-state index is -0.270. The van der Waals surface area contributed by atoms with Gasteiger partial charge >= 0.3 is 0 Å². The number of methoxy groups -OCH3 is 2. The van der Waals surface area contributed by atoms with Gasteiger partial charge in [-0.15, -0.1) is 0 Å². The Morgan fingerprint density at radius 3 is 2.24 bits per heavy atom. The molecular weight excluding hydrogens is 480 g/mol. The van der Waals surface area contributed by atoms with E-state index in [1.54, 1.807) is 67.8 Å². The van der Waals surface area contributed by atoms with Gasteiger partial charge in [0.1, 0.15) is 0 Å². The number of nitrogen functional groups attached to an aromatic ring is 2. The average molecular weight is 511 g/mol. The maximum atomic E-state index is 13.3. The Balaban J connectivity index is 1.52. The highest BCUT2D eigenvalue weighted by atomic mass is 16.5. The van der Waals surface area contributed by atoms with Crippen LogP contribution in [0.2, 0.25) is 0 Å². The molecule has 8 heteroatoms. The lowest BCUT2D eigenvalue weighted by Crippen LogP contribution is -2.24. The number of hydrogen-bond acceptors (Lipinski definition) is 6. The maximum absolute atomic E-state index is 13.3. The summed E-state index contributed by atoms with van der Waals surface area (Å²) in [5.41, 5.74) is 17.6. The number of rotatable bonds is 8. The Morgan fingerprint density at radius 2 is 1.58 bits per heavy atom. The van der Waals surface area contributed by atoms with Gasteiger partial charge in [-0.25, -0.2) is 0 Å². The summed E-state index contributed by atoms with van der Waals surface area (Å²) < 4.78 is 11.2. The van der Waals surface area contributed by atoms with Crippen molar-refractivity contribution in [2.45, 2.75) is 13.5 Å². The summed E-state index contributed by atoms with van der Waals surface area (Å²) in [6.45, 7) is 2.13. The van der Waals surface area contributed by atoms with Crippen LogP contribution in [0.5, 0.6) is 11.5 Å². The van der Waals surface area contributed by atoms with Gasteiger partial charge < -0.3 is 31.6 Å². The van der Waals surface area contributed by atoms with Crippen LogP contribution in [-0.2, 0) is 6.54 Å². The third-order valence-electron chi connectivity index (χ3n) is 6.23. The standard InChI is InChI=1S/C30H30N4O4/c1-18-23(16-26(37-2)28(38-3)27(18)21-7-6-8-22(31)15-21)30(36)33-17-19-11-13-20(14-12-19)29(35)34-25-10-5-4-9-24(25)32/h4-16H,17,31-32H2,1-3H3,(H,33,36)(H,34,35). The Bertz CT molecular complexity index is 1480.